The van der Waals surface area contributed by atoms with Gasteiger partial charge < -0.3 is 10.5 Å². The Balaban J connectivity index is 1.61. The summed E-state index contributed by atoms with van der Waals surface area (Å²) in [5, 5.41) is 15.1. The number of imide groups is 1. The molecule has 0 bridgehead atoms. The molecule has 0 aliphatic carbocycles. The van der Waals surface area contributed by atoms with Gasteiger partial charge in [0, 0.05) is 24.9 Å². The number of carbonyl (C=O) groups is 3. The molecular formula is C21H18N4O4. The first-order valence-electron chi connectivity index (χ1n) is 9.01. The van der Waals surface area contributed by atoms with E-state index in [-0.39, 0.29) is 18.2 Å². The van der Waals surface area contributed by atoms with Crippen molar-refractivity contribution in [2.75, 3.05) is 4.90 Å². The molecule has 4 rings (SSSR count). The fourth-order valence-electron chi connectivity index (χ4n) is 3.58. The second-order valence-corrected chi connectivity index (χ2v) is 6.78. The van der Waals surface area contributed by atoms with Gasteiger partial charge in [-0.25, -0.2) is 9.69 Å². The van der Waals surface area contributed by atoms with Gasteiger partial charge in [0.15, 0.2) is 0 Å². The highest BCUT2D eigenvalue weighted by molar-refractivity contribution is 6.21. The summed E-state index contributed by atoms with van der Waals surface area (Å²) >= 11 is 0. The lowest BCUT2D eigenvalue weighted by Gasteiger charge is -2.13. The summed E-state index contributed by atoms with van der Waals surface area (Å²) in [4.78, 5) is 38.4. The molecule has 1 fully saturated rings. The second kappa shape index (κ2) is 7.23. The summed E-state index contributed by atoms with van der Waals surface area (Å²) < 4.78 is 1.55. The van der Waals surface area contributed by atoms with Crippen LogP contribution >= 0.6 is 0 Å². The molecule has 0 radical (unpaired) electrons. The summed E-state index contributed by atoms with van der Waals surface area (Å²) in [6.45, 7) is 1.48. The van der Waals surface area contributed by atoms with Gasteiger partial charge in [-0.3, -0.25) is 14.2 Å². The third-order valence-corrected chi connectivity index (χ3v) is 4.94. The molecule has 1 unspecified atom stereocenters. The van der Waals surface area contributed by atoms with Crippen LogP contribution in [-0.4, -0.2) is 39.9 Å². The first-order chi connectivity index (χ1) is 14.0. The van der Waals surface area contributed by atoms with Gasteiger partial charge in [-0.05, 0) is 29.3 Å². The fraction of sp³-hybridized carbons (Fsp3) is 0.143. The molecule has 8 nitrogen and oxygen atoms in total. The normalized spacial score (nSPS) is 16.7. The summed E-state index contributed by atoms with van der Waals surface area (Å²) in [5.41, 5.74) is 2.64. The second-order valence-electron chi connectivity index (χ2n) is 6.78. The maximum Gasteiger partial charge on any atom is 0.329 e. The quantitative estimate of drug-likeness (QED) is 0.309. The first-order valence-corrected chi connectivity index (χ1v) is 9.01. The zero-order valence-corrected chi connectivity index (χ0v) is 15.6. The van der Waals surface area contributed by atoms with E-state index in [1.165, 1.54) is 13.1 Å². The van der Waals surface area contributed by atoms with E-state index in [1.807, 2.05) is 24.3 Å². The molecule has 29 heavy (non-hydrogen) atoms. The Kier molecular flexibility index (Phi) is 4.59. The van der Waals surface area contributed by atoms with Crippen molar-refractivity contribution in [3.63, 3.8) is 0 Å². The minimum Gasteiger partial charge on any atom is -0.411 e. The van der Waals surface area contributed by atoms with Crippen molar-refractivity contribution in [3.05, 3.63) is 65.9 Å². The van der Waals surface area contributed by atoms with E-state index in [0.717, 1.165) is 21.4 Å². The van der Waals surface area contributed by atoms with Crippen LogP contribution in [0.4, 0.5) is 10.5 Å². The molecule has 3 amide bonds. The third kappa shape index (κ3) is 3.25. The number of para-hydroxylation sites is 1. The van der Waals surface area contributed by atoms with E-state index in [9.17, 15) is 14.4 Å². The Labute approximate surface area is 166 Å². The Bertz CT molecular complexity index is 1150. The Hall–Kier alpha value is -3.94. The van der Waals surface area contributed by atoms with Crippen molar-refractivity contribution in [3.8, 4) is 0 Å². The summed E-state index contributed by atoms with van der Waals surface area (Å²) in [5.74, 6) is -0.486. The van der Waals surface area contributed by atoms with Crippen LogP contribution in [0.3, 0.4) is 0 Å². The minimum absolute atomic E-state index is 0.123. The van der Waals surface area contributed by atoms with Gasteiger partial charge in [-0.1, -0.05) is 35.5 Å². The zero-order chi connectivity index (χ0) is 20.5. The lowest BCUT2D eigenvalue weighted by atomic mass is 10.0. The SMILES string of the molecule is CC(=O)n1cc(CC2NC(=O)N(c3ccc(C=NO)cc3)C2=O)c2ccccc21. The van der Waals surface area contributed by atoms with Gasteiger partial charge in [0.05, 0.1) is 17.4 Å². The van der Waals surface area contributed by atoms with Crippen molar-refractivity contribution in [2.24, 2.45) is 5.16 Å². The highest BCUT2D eigenvalue weighted by Gasteiger charge is 2.39. The number of amides is 3. The molecule has 1 atom stereocenters. The number of fused-ring (bicyclic) bond motifs is 1. The fourth-order valence-corrected chi connectivity index (χ4v) is 3.58. The Morgan fingerprint density at radius 1 is 1.17 bits per heavy atom. The van der Waals surface area contributed by atoms with Gasteiger partial charge in [0.2, 0.25) is 5.91 Å². The van der Waals surface area contributed by atoms with Crippen molar-refractivity contribution in [1.29, 1.82) is 0 Å². The zero-order valence-electron chi connectivity index (χ0n) is 15.6. The molecule has 2 aromatic carbocycles. The Morgan fingerprint density at radius 2 is 1.90 bits per heavy atom. The number of aromatic nitrogens is 1. The van der Waals surface area contributed by atoms with E-state index in [2.05, 4.69) is 10.5 Å². The predicted molar refractivity (Wildman–Crippen MR) is 108 cm³/mol. The maximum atomic E-state index is 12.9. The summed E-state index contributed by atoms with van der Waals surface area (Å²) in [6.07, 6.45) is 3.25. The number of nitrogens with one attached hydrogen (secondary N) is 1. The van der Waals surface area contributed by atoms with Crippen LogP contribution in [0.5, 0.6) is 0 Å². The summed E-state index contributed by atoms with van der Waals surface area (Å²) in [6, 6.07) is 12.7. The molecule has 1 aromatic heterocycles. The highest BCUT2D eigenvalue weighted by atomic mass is 16.4. The number of hydrogen-bond donors (Lipinski definition) is 2. The number of benzene rings is 2. The smallest absolute Gasteiger partial charge is 0.329 e. The number of oxime groups is 1. The van der Waals surface area contributed by atoms with Crippen LogP contribution in [0, 0.1) is 0 Å². The average Bonchev–Trinajstić information content (AvgIpc) is 3.21. The van der Waals surface area contributed by atoms with Crippen molar-refractivity contribution in [1.82, 2.24) is 9.88 Å². The largest absolute Gasteiger partial charge is 0.411 e. The maximum absolute atomic E-state index is 12.9. The van der Waals surface area contributed by atoms with Crippen LogP contribution in [0.25, 0.3) is 10.9 Å². The van der Waals surface area contributed by atoms with Gasteiger partial charge in [-0.15, -0.1) is 0 Å². The van der Waals surface area contributed by atoms with Crippen molar-refractivity contribution >= 4 is 40.7 Å². The molecule has 0 saturated carbocycles. The molecule has 146 valence electrons. The molecule has 2 N–H and O–H groups in total. The molecule has 0 spiro atoms. The Morgan fingerprint density at radius 3 is 2.59 bits per heavy atom. The van der Waals surface area contributed by atoms with Gasteiger partial charge in [-0.2, -0.15) is 0 Å². The lowest BCUT2D eigenvalue weighted by molar-refractivity contribution is -0.118. The topological polar surface area (TPSA) is 104 Å². The number of carbonyl (C=O) groups excluding carboxylic acids is 3. The van der Waals surface area contributed by atoms with E-state index >= 15 is 0 Å². The van der Waals surface area contributed by atoms with E-state index in [4.69, 9.17) is 5.21 Å². The van der Waals surface area contributed by atoms with Crippen LogP contribution < -0.4 is 10.2 Å². The third-order valence-electron chi connectivity index (χ3n) is 4.94. The van der Waals surface area contributed by atoms with Crippen LogP contribution in [-0.2, 0) is 11.2 Å². The van der Waals surface area contributed by atoms with Gasteiger partial charge >= 0.3 is 6.03 Å². The predicted octanol–water partition coefficient (Wildman–Crippen LogP) is 2.78. The molecule has 1 aliphatic rings. The van der Waals surface area contributed by atoms with Crippen molar-refractivity contribution < 1.29 is 19.6 Å². The molecule has 8 heteroatoms. The lowest BCUT2D eigenvalue weighted by Crippen LogP contribution is -2.32. The minimum atomic E-state index is -0.729. The standard InChI is InChI=1S/C21H18N4O4/c1-13(26)24-12-15(17-4-2-3-5-19(17)24)10-18-20(27)25(21(28)23-18)16-8-6-14(7-9-16)11-22-29/h2-9,11-12,18,29H,10H2,1H3,(H,23,28). The van der Waals surface area contributed by atoms with E-state index in [1.54, 1.807) is 35.0 Å². The number of anilines is 1. The number of nitrogens with zero attached hydrogens (tertiary/aromatic N) is 3. The molecule has 2 heterocycles. The van der Waals surface area contributed by atoms with Crippen LogP contribution in [0.15, 0.2) is 59.9 Å². The number of rotatable bonds is 4. The highest BCUT2D eigenvalue weighted by Crippen LogP contribution is 2.26. The molecule has 1 aliphatic heterocycles. The number of hydrogen-bond acceptors (Lipinski definition) is 5. The van der Waals surface area contributed by atoms with Crippen molar-refractivity contribution in [2.45, 2.75) is 19.4 Å². The van der Waals surface area contributed by atoms with Crippen LogP contribution in [0.1, 0.15) is 22.8 Å². The molecular weight excluding hydrogens is 372 g/mol. The monoisotopic (exact) mass is 390 g/mol. The number of urea groups is 1. The van der Waals surface area contributed by atoms with Crippen LogP contribution in [0.2, 0.25) is 0 Å². The van der Waals surface area contributed by atoms with E-state index in [0.29, 0.717) is 11.3 Å². The first kappa shape index (κ1) is 18.4. The summed E-state index contributed by atoms with van der Waals surface area (Å²) in [7, 11) is 0. The van der Waals surface area contributed by atoms with Gasteiger partial charge in [0.1, 0.15) is 6.04 Å². The molecule has 1 saturated heterocycles. The van der Waals surface area contributed by atoms with E-state index < -0.39 is 12.1 Å². The molecule has 3 aromatic rings. The van der Waals surface area contributed by atoms with Gasteiger partial charge in [0.25, 0.3) is 5.91 Å². The average molecular weight is 390 g/mol.